The Labute approximate surface area is 116 Å². The Balaban J connectivity index is 2.37. The molecule has 3 nitrogen and oxygen atoms in total. The molecule has 94 valence electrons. The van der Waals surface area contributed by atoms with Gasteiger partial charge in [-0.2, -0.15) is 0 Å². The molecule has 0 aliphatic carbocycles. The second-order valence-corrected chi connectivity index (χ2v) is 5.38. The zero-order valence-electron chi connectivity index (χ0n) is 10.7. The number of nitrogens with zero attached hydrogens (tertiary/aromatic N) is 1. The fourth-order valence-electron chi connectivity index (χ4n) is 1.87. The van der Waals surface area contributed by atoms with Crippen LogP contribution in [0, 0.1) is 20.8 Å². The minimum atomic E-state index is 0.713. The van der Waals surface area contributed by atoms with Crippen molar-refractivity contribution in [1.82, 2.24) is 4.98 Å². The molecule has 2 rings (SSSR count). The van der Waals surface area contributed by atoms with Gasteiger partial charge in [0.05, 0.1) is 11.9 Å². The molecule has 0 bridgehead atoms. The van der Waals surface area contributed by atoms with E-state index in [1.807, 2.05) is 13.0 Å². The van der Waals surface area contributed by atoms with E-state index in [2.05, 4.69) is 52.2 Å². The minimum absolute atomic E-state index is 0.713. The SMILES string of the molecule is Cc1cc(Nc2c(C)cc(Br)cc2C)ncc1N. The topological polar surface area (TPSA) is 50.9 Å². The second-order valence-electron chi connectivity index (χ2n) is 4.47. The summed E-state index contributed by atoms with van der Waals surface area (Å²) >= 11 is 3.49. The van der Waals surface area contributed by atoms with Gasteiger partial charge in [-0.05, 0) is 55.7 Å². The molecule has 0 fully saturated rings. The van der Waals surface area contributed by atoms with Crippen molar-refractivity contribution in [2.24, 2.45) is 0 Å². The van der Waals surface area contributed by atoms with E-state index in [9.17, 15) is 0 Å². The van der Waals surface area contributed by atoms with Crippen LogP contribution in [0.2, 0.25) is 0 Å². The molecule has 2 aromatic rings. The van der Waals surface area contributed by atoms with E-state index >= 15 is 0 Å². The minimum Gasteiger partial charge on any atom is -0.397 e. The van der Waals surface area contributed by atoms with Gasteiger partial charge in [-0.3, -0.25) is 0 Å². The van der Waals surface area contributed by atoms with E-state index in [0.717, 1.165) is 21.5 Å². The van der Waals surface area contributed by atoms with Crippen LogP contribution in [0.15, 0.2) is 28.9 Å². The van der Waals surface area contributed by atoms with E-state index < -0.39 is 0 Å². The van der Waals surface area contributed by atoms with Gasteiger partial charge < -0.3 is 11.1 Å². The van der Waals surface area contributed by atoms with Crippen molar-refractivity contribution in [3.8, 4) is 0 Å². The molecule has 0 aliphatic heterocycles. The first-order chi connectivity index (χ1) is 8.47. The highest BCUT2D eigenvalue weighted by atomic mass is 79.9. The van der Waals surface area contributed by atoms with E-state index in [1.54, 1.807) is 6.20 Å². The summed E-state index contributed by atoms with van der Waals surface area (Å²) < 4.78 is 1.09. The van der Waals surface area contributed by atoms with Crippen molar-refractivity contribution in [1.29, 1.82) is 0 Å². The summed E-state index contributed by atoms with van der Waals surface area (Å²) in [6.07, 6.45) is 1.68. The van der Waals surface area contributed by atoms with Crippen LogP contribution >= 0.6 is 15.9 Å². The monoisotopic (exact) mass is 305 g/mol. The van der Waals surface area contributed by atoms with Gasteiger partial charge in [0.2, 0.25) is 0 Å². The van der Waals surface area contributed by atoms with Gasteiger partial charge in [0.15, 0.2) is 0 Å². The van der Waals surface area contributed by atoms with Crippen LogP contribution in [0.4, 0.5) is 17.2 Å². The van der Waals surface area contributed by atoms with Crippen molar-refractivity contribution in [2.75, 3.05) is 11.1 Å². The van der Waals surface area contributed by atoms with Crippen LogP contribution in [0.5, 0.6) is 0 Å². The molecule has 0 radical (unpaired) electrons. The lowest BCUT2D eigenvalue weighted by molar-refractivity contribution is 1.25. The molecule has 0 amide bonds. The fourth-order valence-corrected chi connectivity index (χ4v) is 2.56. The molecule has 1 aromatic heterocycles. The Bertz CT molecular complexity index is 571. The van der Waals surface area contributed by atoms with Gasteiger partial charge in [0.25, 0.3) is 0 Å². The molecule has 3 N–H and O–H groups in total. The maximum Gasteiger partial charge on any atom is 0.130 e. The smallest absolute Gasteiger partial charge is 0.130 e. The van der Waals surface area contributed by atoms with Gasteiger partial charge in [-0.1, -0.05) is 15.9 Å². The molecule has 0 aliphatic rings. The van der Waals surface area contributed by atoms with Gasteiger partial charge >= 0.3 is 0 Å². The molecule has 4 heteroatoms. The Morgan fingerprint density at radius 1 is 1.06 bits per heavy atom. The number of nitrogen functional groups attached to an aromatic ring is 1. The van der Waals surface area contributed by atoms with Gasteiger partial charge in [0, 0.05) is 10.2 Å². The standard InChI is InChI=1S/C14H16BrN3/c1-8-6-13(17-7-12(8)16)18-14-9(2)4-11(15)5-10(14)3/h4-7H,16H2,1-3H3,(H,17,18). The Morgan fingerprint density at radius 2 is 1.67 bits per heavy atom. The second kappa shape index (κ2) is 4.98. The third kappa shape index (κ3) is 2.64. The number of rotatable bonds is 2. The maximum absolute atomic E-state index is 5.77. The molecule has 0 spiro atoms. The van der Waals surface area contributed by atoms with Crippen molar-refractivity contribution in [2.45, 2.75) is 20.8 Å². The highest BCUT2D eigenvalue weighted by molar-refractivity contribution is 9.10. The summed E-state index contributed by atoms with van der Waals surface area (Å²) in [6, 6.07) is 6.12. The lowest BCUT2D eigenvalue weighted by Gasteiger charge is -2.13. The van der Waals surface area contributed by atoms with E-state index in [-0.39, 0.29) is 0 Å². The average molecular weight is 306 g/mol. The number of hydrogen-bond acceptors (Lipinski definition) is 3. The zero-order valence-corrected chi connectivity index (χ0v) is 12.3. The third-order valence-electron chi connectivity index (χ3n) is 2.90. The summed E-state index contributed by atoms with van der Waals surface area (Å²) in [5.74, 6) is 0.815. The van der Waals surface area contributed by atoms with Gasteiger partial charge in [-0.15, -0.1) is 0 Å². The van der Waals surface area contributed by atoms with Gasteiger partial charge in [-0.25, -0.2) is 4.98 Å². The molecule has 18 heavy (non-hydrogen) atoms. The van der Waals surface area contributed by atoms with Crippen LogP contribution in [0.3, 0.4) is 0 Å². The van der Waals surface area contributed by atoms with Crippen LogP contribution in [-0.4, -0.2) is 4.98 Å². The first kappa shape index (κ1) is 12.9. The molecular formula is C14H16BrN3. The van der Waals surface area contributed by atoms with Crippen LogP contribution in [0.25, 0.3) is 0 Å². The van der Waals surface area contributed by atoms with Crippen LogP contribution in [0.1, 0.15) is 16.7 Å². The summed E-state index contributed by atoms with van der Waals surface area (Å²) in [5.41, 5.74) is 11.0. The first-order valence-corrected chi connectivity index (χ1v) is 6.52. The Morgan fingerprint density at radius 3 is 2.22 bits per heavy atom. The first-order valence-electron chi connectivity index (χ1n) is 5.73. The lowest BCUT2D eigenvalue weighted by atomic mass is 10.1. The van der Waals surface area contributed by atoms with E-state index in [4.69, 9.17) is 5.73 Å². The van der Waals surface area contributed by atoms with E-state index in [1.165, 1.54) is 11.1 Å². The van der Waals surface area contributed by atoms with Crippen molar-refractivity contribution in [3.05, 3.63) is 45.6 Å². The fraction of sp³-hybridized carbons (Fsp3) is 0.214. The highest BCUT2D eigenvalue weighted by Crippen LogP contribution is 2.28. The highest BCUT2D eigenvalue weighted by Gasteiger charge is 2.06. The van der Waals surface area contributed by atoms with Crippen LogP contribution in [-0.2, 0) is 0 Å². The number of aromatic nitrogens is 1. The van der Waals surface area contributed by atoms with Crippen LogP contribution < -0.4 is 11.1 Å². The predicted molar refractivity (Wildman–Crippen MR) is 80.3 cm³/mol. The third-order valence-corrected chi connectivity index (χ3v) is 3.36. The van der Waals surface area contributed by atoms with E-state index in [0.29, 0.717) is 5.69 Å². The number of aryl methyl sites for hydroxylation is 3. The largest absolute Gasteiger partial charge is 0.397 e. The average Bonchev–Trinajstić information content (AvgIpc) is 2.28. The number of halogens is 1. The number of hydrogen-bond donors (Lipinski definition) is 2. The van der Waals surface area contributed by atoms with Crippen molar-refractivity contribution in [3.63, 3.8) is 0 Å². The van der Waals surface area contributed by atoms with Gasteiger partial charge in [0.1, 0.15) is 5.82 Å². The maximum atomic E-state index is 5.77. The molecule has 1 aromatic carbocycles. The quantitative estimate of drug-likeness (QED) is 0.878. The zero-order chi connectivity index (χ0) is 13.3. The molecule has 0 saturated carbocycles. The predicted octanol–water partition coefficient (Wildman–Crippen LogP) is 4.10. The Kier molecular flexibility index (Phi) is 3.57. The summed E-state index contributed by atoms with van der Waals surface area (Å²) in [6.45, 7) is 6.12. The normalized spacial score (nSPS) is 10.4. The Hall–Kier alpha value is -1.55. The molecule has 1 heterocycles. The molecule has 0 atom stereocenters. The van der Waals surface area contributed by atoms with Crippen molar-refractivity contribution >= 4 is 33.1 Å². The molecule has 0 saturated heterocycles. The number of nitrogens with one attached hydrogen (secondary N) is 1. The lowest BCUT2D eigenvalue weighted by Crippen LogP contribution is -2.00. The number of pyridine rings is 1. The summed E-state index contributed by atoms with van der Waals surface area (Å²) in [4.78, 5) is 4.29. The summed E-state index contributed by atoms with van der Waals surface area (Å²) in [7, 11) is 0. The molecule has 0 unspecified atom stereocenters. The number of nitrogens with two attached hydrogens (primary N) is 1. The van der Waals surface area contributed by atoms with Crippen molar-refractivity contribution < 1.29 is 0 Å². The summed E-state index contributed by atoms with van der Waals surface area (Å²) in [5, 5.41) is 3.35. The molecular weight excluding hydrogens is 290 g/mol. The number of anilines is 3. The number of benzene rings is 1.